The summed E-state index contributed by atoms with van der Waals surface area (Å²) in [5.41, 5.74) is 0.573. The molecule has 4 rings (SSSR count). The van der Waals surface area contributed by atoms with E-state index in [1.54, 1.807) is 18.2 Å². The number of alkyl halides is 3. The second kappa shape index (κ2) is 4.67. The third-order valence-electron chi connectivity index (χ3n) is 3.87. The standard InChI is InChI=1S/C16H8F3N3O2/c17-16(18,19)15-20-12-4-2-1-3-11(12)14-8-9-7-10(22(23)24)5-6-13(9)21(14)15/h1-8H. The Morgan fingerprint density at radius 1 is 1.04 bits per heavy atom. The van der Waals surface area contributed by atoms with Gasteiger partial charge in [0.1, 0.15) is 0 Å². The molecule has 4 aromatic rings. The third kappa shape index (κ3) is 1.99. The molecule has 0 spiro atoms. The number of hydrogen-bond acceptors (Lipinski definition) is 3. The van der Waals surface area contributed by atoms with Gasteiger partial charge in [-0.15, -0.1) is 0 Å². The van der Waals surface area contributed by atoms with Gasteiger partial charge in [-0.2, -0.15) is 13.2 Å². The molecule has 0 amide bonds. The number of rotatable bonds is 1. The van der Waals surface area contributed by atoms with Crippen molar-refractivity contribution in [3.8, 4) is 0 Å². The number of hydrogen-bond donors (Lipinski definition) is 0. The molecule has 0 saturated heterocycles. The van der Waals surface area contributed by atoms with Gasteiger partial charge >= 0.3 is 6.18 Å². The van der Waals surface area contributed by atoms with E-state index in [0.29, 0.717) is 16.3 Å². The number of nitro groups is 1. The van der Waals surface area contributed by atoms with Gasteiger partial charge in [0.25, 0.3) is 5.69 Å². The number of nitro benzene ring substituents is 1. The van der Waals surface area contributed by atoms with E-state index in [1.807, 2.05) is 0 Å². The van der Waals surface area contributed by atoms with Crippen LogP contribution in [0, 0.1) is 10.1 Å². The van der Waals surface area contributed by atoms with Crippen LogP contribution in [-0.4, -0.2) is 14.3 Å². The summed E-state index contributed by atoms with van der Waals surface area (Å²) >= 11 is 0. The molecule has 24 heavy (non-hydrogen) atoms. The molecule has 0 fully saturated rings. The zero-order valence-corrected chi connectivity index (χ0v) is 11.9. The molecule has 8 heteroatoms. The van der Waals surface area contributed by atoms with Crippen LogP contribution in [-0.2, 0) is 6.18 Å². The second-order valence-electron chi connectivity index (χ2n) is 5.32. The number of benzene rings is 2. The van der Waals surface area contributed by atoms with Gasteiger partial charge in [-0.25, -0.2) is 4.98 Å². The first kappa shape index (κ1) is 14.4. The summed E-state index contributed by atoms with van der Waals surface area (Å²) in [5, 5.41) is 11.8. The normalized spacial score (nSPS) is 12.3. The first-order chi connectivity index (χ1) is 11.4. The summed E-state index contributed by atoms with van der Waals surface area (Å²) in [6.45, 7) is 0. The topological polar surface area (TPSA) is 60.4 Å². The molecule has 2 heterocycles. The minimum absolute atomic E-state index is 0.177. The van der Waals surface area contributed by atoms with Gasteiger partial charge in [-0.05, 0) is 18.2 Å². The zero-order valence-electron chi connectivity index (χ0n) is 11.9. The minimum Gasteiger partial charge on any atom is -0.290 e. The van der Waals surface area contributed by atoms with Crippen LogP contribution in [0.4, 0.5) is 18.9 Å². The molecule has 0 radical (unpaired) electrons. The summed E-state index contributed by atoms with van der Waals surface area (Å²) in [5.74, 6) is -1.06. The van der Waals surface area contributed by atoms with Crippen molar-refractivity contribution in [1.29, 1.82) is 0 Å². The quantitative estimate of drug-likeness (QED) is 0.379. The highest BCUT2D eigenvalue weighted by Gasteiger charge is 2.36. The molecule has 0 aliphatic carbocycles. The van der Waals surface area contributed by atoms with Gasteiger partial charge in [0.05, 0.1) is 21.5 Å². The number of non-ortho nitro benzene ring substituents is 1. The van der Waals surface area contributed by atoms with Gasteiger partial charge in [0, 0.05) is 22.9 Å². The fourth-order valence-corrected chi connectivity index (χ4v) is 2.88. The maximum atomic E-state index is 13.5. The molecular formula is C16H8F3N3O2. The summed E-state index contributed by atoms with van der Waals surface area (Å²) in [4.78, 5) is 14.1. The van der Waals surface area contributed by atoms with Crippen LogP contribution in [0.1, 0.15) is 5.82 Å². The molecule has 0 aliphatic heterocycles. The summed E-state index contributed by atoms with van der Waals surface area (Å²) in [7, 11) is 0. The molecule has 0 aliphatic rings. The smallest absolute Gasteiger partial charge is 0.290 e. The molecule has 0 saturated carbocycles. The van der Waals surface area contributed by atoms with E-state index in [-0.39, 0.29) is 16.7 Å². The van der Waals surface area contributed by atoms with Crippen molar-refractivity contribution in [2.75, 3.05) is 0 Å². The highest BCUT2D eigenvalue weighted by molar-refractivity contribution is 6.01. The van der Waals surface area contributed by atoms with Crippen molar-refractivity contribution in [3.63, 3.8) is 0 Å². The van der Waals surface area contributed by atoms with Gasteiger partial charge in [-0.1, -0.05) is 18.2 Å². The lowest BCUT2D eigenvalue weighted by molar-refractivity contribution is -0.384. The van der Waals surface area contributed by atoms with Crippen molar-refractivity contribution in [3.05, 3.63) is 64.5 Å². The first-order valence-corrected chi connectivity index (χ1v) is 6.92. The first-order valence-electron chi connectivity index (χ1n) is 6.92. The van der Waals surface area contributed by atoms with E-state index in [1.165, 1.54) is 30.3 Å². The fourth-order valence-electron chi connectivity index (χ4n) is 2.88. The van der Waals surface area contributed by atoms with E-state index < -0.39 is 16.9 Å². The molecule has 0 N–H and O–H groups in total. The Bertz CT molecular complexity index is 1130. The lowest BCUT2D eigenvalue weighted by Crippen LogP contribution is -2.14. The van der Waals surface area contributed by atoms with Crippen molar-refractivity contribution >= 4 is 33.0 Å². The van der Waals surface area contributed by atoms with E-state index in [2.05, 4.69) is 4.98 Å². The summed E-state index contributed by atoms with van der Waals surface area (Å²) < 4.78 is 41.4. The van der Waals surface area contributed by atoms with Crippen molar-refractivity contribution in [1.82, 2.24) is 9.38 Å². The van der Waals surface area contributed by atoms with E-state index in [9.17, 15) is 23.3 Å². The van der Waals surface area contributed by atoms with Gasteiger partial charge in [0.2, 0.25) is 5.82 Å². The molecule has 5 nitrogen and oxygen atoms in total. The van der Waals surface area contributed by atoms with E-state index in [4.69, 9.17) is 0 Å². The molecule has 120 valence electrons. The average Bonchev–Trinajstić information content (AvgIpc) is 2.91. The number of nitrogens with zero attached hydrogens (tertiary/aromatic N) is 3. The molecule has 0 bridgehead atoms. The molecule has 2 aromatic heterocycles. The number of fused-ring (bicyclic) bond motifs is 5. The largest absolute Gasteiger partial charge is 0.450 e. The van der Waals surface area contributed by atoms with E-state index in [0.717, 1.165) is 4.40 Å². The van der Waals surface area contributed by atoms with Crippen LogP contribution in [0.15, 0.2) is 48.5 Å². The Morgan fingerprint density at radius 3 is 2.50 bits per heavy atom. The molecule has 0 unspecified atom stereocenters. The summed E-state index contributed by atoms with van der Waals surface area (Å²) in [6, 6.07) is 11.8. The Labute approximate surface area is 132 Å². The SMILES string of the molecule is O=[N+]([O-])c1ccc2c(c1)cc1c3ccccc3nc(C(F)(F)F)n21. The van der Waals surface area contributed by atoms with Crippen molar-refractivity contribution in [2.45, 2.75) is 6.18 Å². The lowest BCUT2D eigenvalue weighted by atomic mass is 10.2. The lowest BCUT2D eigenvalue weighted by Gasteiger charge is -2.12. The van der Waals surface area contributed by atoms with Crippen LogP contribution in [0.5, 0.6) is 0 Å². The molecule has 2 aromatic carbocycles. The Morgan fingerprint density at radius 2 is 1.79 bits per heavy atom. The Balaban J connectivity index is 2.24. The van der Waals surface area contributed by atoms with Crippen LogP contribution < -0.4 is 0 Å². The van der Waals surface area contributed by atoms with Crippen molar-refractivity contribution in [2.24, 2.45) is 0 Å². The van der Waals surface area contributed by atoms with Gasteiger partial charge in [-0.3, -0.25) is 14.5 Å². The van der Waals surface area contributed by atoms with E-state index >= 15 is 0 Å². The predicted molar refractivity (Wildman–Crippen MR) is 81.9 cm³/mol. The number of para-hydroxylation sites is 1. The summed E-state index contributed by atoms with van der Waals surface area (Å²) in [6.07, 6.45) is -4.66. The van der Waals surface area contributed by atoms with Gasteiger partial charge in [0.15, 0.2) is 0 Å². The predicted octanol–water partition coefficient (Wildman–Crippen LogP) is 4.57. The highest BCUT2D eigenvalue weighted by atomic mass is 19.4. The Kier molecular flexibility index (Phi) is 2.81. The maximum Gasteiger partial charge on any atom is 0.450 e. The average molecular weight is 331 g/mol. The van der Waals surface area contributed by atoms with Gasteiger partial charge < -0.3 is 0 Å². The fraction of sp³-hybridized carbons (Fsp3) is 0.0625. The van der Waals surface area contributed by atoms with Crippen LogP contribution in [0.25, 0.3) is 27.3 Å². The third-order valence-corrected chi connectivity index (χ3v) is 3.87. The van der Waals surface area contributed by atoms with Crippen LogP contribution in [0.3, 0.4) is 0 Å². The maximum absolute atomic E-state index is 13.5. The van der Waals surface area contributed by atoms with Crippen molar-refractivity contribution < 1.29 is 18.1 Å². The zero-order chi connectivity index (χ0) is 17.1. The minimum atomic E-state index is -4.66. The molecule has 0 atom stereocenters. The highest BCUT2D eigenvalue weighted by Crippen LogP contribution is 2.35. The Hall–Kier alpha value is -3.16. The monoisotopic (exact) mass is 331 g/mol. The second-order valence-corrected chi connectivity index (χ2v) is 5.32. The number of aromatic nitrogens is 2. The van der Waals surface area contributed by atoms with Crippen LogP contribution in [0.2, 0.25) is 0 Å². The van der Waals surface area contributed by atoms with Crippen LogP contribution >= 0.6 is 0 Å². The number of halogens is 3. The molecular weight excluding hydrogens is 323 g/mol.